The standard InChI is InChI=1S/2C17H17FN4O.C15H16N4O/c2*1-23-14-4-2-12(3-5-14)15-11-22-9-7-16(20-17(22)19-15)21-8-6-13(18)10-21;1-18(2)14-7-8-19-10-13(16-15(19)17-14)11-5-4-6-12(9-11)20-3/h2*2-5,7,9,11,13H,6,8,10H2,1H3;4-10H,1-3H3/t2*13-;/m10./s1. The molecule has 2 fully saturated rings. The minimum absolute atomic E-state index is 0.412. The molecule has 11 rings (SSSR count). The second-order valence-electron chi connectivity index (χ2n) is 16.1. The lowest BCUT2D eigenvalue weighted by atomic mass is 10.1. The average molecular weight is 893 g/mol. The minimum atomic E-state index is -0.761. The maximum atomic E-state index is 13.4. The second kappa shape index (κ2) is 19.1. The Hall–Kier alpha value is -7.82. The lowest BCUT2D eigenvalue weighted by Gasteiger charge is -2.15. The van der Waals surface area contributed by atoms with E-state index < -0.39 is 12.3 Å². The molecule has 6 aromatic heterocycles. The van der Waals surface area contributed by atoms with Crippen molar-refractivity contribution in [2.45, 2.75) is 25.2 Å². The quantitative estimate of drug-likeness (QED) is 0.138. The van der Waals surface area contributed by atoms with Gasteiger partial charge >= 0.3 is 0 Å². The summed E-state index contributed by atoms with van der Waals surface area (Å²) in [5.41, 5.74) is 5.60. The number of alkyl halides is 2. The van der Waals surface area contributed by atoms with E-state index in [0.717, 1.165) is 68.5 Å². The predicted molar refractivity (Wildman–Crippen MR) is 253 cm³/mol. The van der Waals surface area contributed by atoms with Crippen LogP contribution in [0, 0.1) is 0 Å². The first kappa shape index (κ1) is 43.4. The van der Waals surface area contributed by atoms with Crippen molar-refractivity contribution in [3.05, 3.63) is 128 Å². The maximum absolute atomic E-state index is 13.4. The fourth-order valence-corrected chi connectivity index (χ4v) is 7.76. The Morgan fingerprint density at radius 1 is 0.500 bits per heavy atom. The molecule has 338 valence electrons. The SMILES string of the molecule is COc1ccc(-c2cn3ccc(N4CC[C@@H](F)C4)nc3n2)cc1.COc1ccc(-c2cn3ccc(N4CC[C@H](F)C4)nc3n2)cc1.COc1cccc(-c2cn3ccc(N(C)C)nc3n2)c1. The van der Waals surface area contributed by atoms with Crippen LogP contribution in [-0.4, -0.2) is 117 Å². The van der Waals surface area contributed by atoms with Gasteiger partial charge in [0.15, 0.2) is 0 Å². The third-order valence-corrected chi connectivity index (χ3v) is 11.4. The van der Waals surface area contributed by atoms with Crippen LogP contribution in [0.2, 0.25) is 0 Å². The van der Waals surface area contributed by atoms with E-state index in [2.05, 4.69) is 29.9 Å². The summed E-state index contributed by atoms with van der Waals surface area (Å²) >= 11 is 0. The molecule has 0 bridgehead atoms. The highest BCUT2D eigenvalue weighted by Crippen LogP contribution is 2.27. The van der Waals surface area contributed by atoms with Gasteiger partial charge in [-0.2, -0.15) is 15.0 Å². The molecule has 0 N–H and O–H groups in total. The first-order chi connectivity index (χ1) is 32.1. The zero-order valence-corrected chi connectivity index (χ0v) is 37.4. The molecule has 0 unspecified atom stereocenters. The number of hydrogen-bond acceptors (Lipinski definition) is 12. The molecule has 2 aliphatic heterocycles. The van der Waals surface area contributed by atoms with E-state index in [9.17, 15) is 8.78 Å². The minimum Gasteiger partial charge on any atom is -0.497 e. The molecule has 9 aromatic rings. The highest BCUT2D eigenvalue weighted by molar-refractivity contribution is 5.65. The highest BCUT2D eigenvalue weighted by Gasteiger charge is 2.24. The van der Waals surface area contributed by atoms with Gasteiger partial charge in [0.05, 0.1) is 51.5 Å². The van der Waals surface area contributed by atoms with E-state index in [1.54, 1.807) is 21.3 Å². The molecule has 2 aliphatic rings. The number of benzene rings is 3. The van der Waals surface area contributed by atoms with E-state index in [-0.39, 0.29) is 0 Å². The Morgan fingerprint density at radius 2 is 0.939 bits per heavy atom. The van der Waals surface area contributed by atoms with Gasteiger partial charge in [-0.05, 0) is 91.7 Å². The van der Waals surface area contributed by atoms with Crippen molar-refractivity contribution >= 4 is 34.8 Å². The molecule has 66 heavy (non-hydrogen) atoms. The molecule has 0 amide bonds. The summed E-state index contributed by atoms with van der Waals surface area (Å²) in [5.74, 6) is 6.83. The number of fused-ring (bicyclic) bond motifs is 3. The van der Waals surface area contributed by atoms with Crippen molar-refractivity contribution in [1.29, 1.82) is 0 Å². The van der Waals surface area contributed by atoms with Crippen LogP contribution in [0.3, 0.4) is 0 Å². The predicted octanol–water partition coefficient (Wildman–Crippen LogP) is 8.38. The third kappa shape index (κ3) is 9.64. The normalized spacial score (nSPS) is 15.7. The van der Waals surface area contributed by atoms with Gasteiger partial charge < -0.3 is 28.9 Å². The van der Waals surface area contributed by atoms with E-state index in [4.69, 9.17) is 14.2 Å². The van der Waals surface area contributed by atoms with Crippen LogP contribution in [0.5, 0.6) is 17.2 Å². The van der Waals surface area contributed by atoms with Gasteiger partial charge in [0.2, 0.25) is 17.3 Å². The number of rotatable bonds is 9. The number of imidazole rings is 3. The molecule has 2 saturated heterocycles. The summed E-state index contributed by atoms with van der Waals surface area (Å²) in [6.45, 7) is 2.23. The molecular formula is C49H50F2N12O3. The van der Waals surface area contributed by atoms with Crippen LogP contribution in [0.15, 0.2) is 128 Å². The number of ether oxygens (including phenoxy) is 3. The summed E-state index contributed by atoms with van der Waals surface area (Å²) in [7, 11) is 8.88. The van der Waals surface area contributed by atoms with E-state index >= 15 is 0 Å². The molecule has 0 aliphatic carbocycles. The average Bonchev–Trinajstić information content (AvgIpc) is 4.22. The zero-order chi connectivity index (χ0) is 45.7. The maximum Gasteiger partial charge on any atom is 0.236 e. The number of halogens is 2. The Kier molecular flexibility index (Phi) is 12.6. The number of hydrogen-bond donors (Lipinski definition) is 0. The zero-order valence-electron chi connectivity index (χ0n) is 37.4. The van der Waals surface area contributed by atoms with E-state index in [1.807, 2.05) is 170 Å². The van der Waals surface area contributed by atoms with E-state index in [1.165, 1.54) is 0 Å². The lowest BCUT2D eigenvalue weighted by molar-refractivity contribution is 0.364. The Bertz CT molecular complexity index is 2920. The number of methoxy groups -OCH3 is 3. The smallest absolute Gasteiger partial charge is 0.236 e. The molecule has 8 heterocycles. The lowest BCUT2D eigenvalue weighted by Crippen LogP contribution is -2.21. The van der Waals surface area contributed by atoms with Crippen molar-refractivity contribution in [2.24, 2.45) is 0 Å². The monoisotopic (exact) mass is 892 g/mol. The van der Waals surface area contributed by atoms with Crippen LogP contribution in [0.25, 0.3) is 51.1 Å². The molecule has 0 spiro atoms. The first-order valence-corrected chi connectivity index (χ1v) is 21.6. The molecule has 0 radical (unpaired) electrons. The largest absolute Gasteiger partial charge is 0.497 e. The molecular weight excluding hydrogens is 843 g/mol. The number of aromatic nitrogens is 9. The molecule has 17 heteroatoms. The summed E-state index contributed by atoms with van der Waals surface area (Å²) in [5, 5.41) is 0. The Balaban J connectivity index is 0.000000125. The van der Waals surface area contributed by atoms with Crippen LogP contribution in [0.4, 0.5) is 26.2 Å². The van der Waals surface area contributed by atoms with Crippen molar-refractivity contribution in [3.63, 3.8) is 0 Å². The Labute approximate surface area is 380 Å². The van der Waals surface area contributed by atoms with Crippen LogP contribution < -0.4 is 28.9 Å². The van der Waals surface area contributed by atoms with E-state index in [0.29, 0.717) is 56.4 Å². The van der Waals surface area contributed by atoms with Crippen LogP contribution in [0.1, 0.15) is 12.8 Å². The molecule has 3 aromatic carbocycles. The van der Waals surface area contributed by atoms with Gasteiger partial charge in [-0.1, -0.05) is 12.1 Å². The van der Waals surface area contributed by atoms with Gasteiger partial charge in [0, 0.05) is 81.1 Å². The highest BCUT2D eigenvalue weighted by atomic mass is 19.1. The first-order valence-electron chi connectivity index (χ1n) is 21.6. The van der Waals surface area contributed by atoms with Crippen LogP contribution in [-0.2, 0) is 0 Å². The summed E-state index contributed by atoms with van der Waals surface area (Å²) in [6, 6.07) is 29.1. The summed E-state index contributed by atoms with van der Waals surface area (Å²) in [4.78, 5) is 33.2. The third-order valence-electron chi connectivity index (χ3n) is 11.4. The Morgan fingerprint density at radius 3 is 1.36 bits per heavy atom. The summed E-state index contributed by atoms with van der Waals surface area (Å²) in [6.07, 6.45) is 11.3. The second-order valence-corrected chi connectivity index (χ2v) is 16.1. The van der Waals surface area contributed by atoms with Crippen molar-refractivity contribution in [2.75, 3.05) is 76.3 Å². The van der Waals surface area contributed by atoms with Crippen LogP contribution >= 0.6 is 0 Å². The molecule has 0 saturated carbocycles. The van der Waals surface area contributed by atoms with Gasteiger partial charge in [0.1, 0.15) is 47.0 Å². The molecule has 15 nitrogen and oxygen atoms in total. The fraction of sp³-hybridized carbons (Fsp3) is 0.265. The molecule has 2 atom stereocenters. The van der Waals surface area contributed by atoms with Gasteiger partial charge in [-0.3, -0.25) is 13.2 Å². The van der Waals surface area contributed by atoms with Gasteiger partial charge in [-0.25, -0.2) is 23.7 Å². The van der Waals surface area contributed by atoms with Crippen molar-refractivity contribution < 1.29 is 23.0 Å². The number of nitrogens with zero attached hydrogens (tertiary/aromatic N) is 12. The van der Waals surface area contributed by atoms with Gasteiger partial charge in [0.25, 0.3) is 0 Å². The number of anilines is 3. The summed E-state index contributed by atoms with van der Waals surface area (Å²) < 4.78 is 48.0. The van der Waals surface area contributed by atoms with Gasteiger partial charge in [-0.15, -0.1) is 0 Å². The topological polar surface area (TPSA) is 128 Å². The fourth-order valence-electron chi connectivity index (χ4n) is 7.76. The van der Waals surface area contributed by atoms with Crippen molar-refractivity contribution in [3.8, 4) is 51.0 Å². The van der Waals surface area contributed by atoms with Crippen molar-refractivity contribution in [1.82, 2.24) is 43.1 Å².